The van der Waals surface area contributed by atoms with Gasteiger partial charge in [-0.2, -0.15) is 0 Å². The molecule has 6 nitrogen and oxygen atoms in total. The summed E-state index contributed by atoms with van der Waals surface area (Å²) in [4.78, 5) is 15.3. The van der Waals surface area contributed by atoms with E-state index in [0.29, 0.717) is 12.2 Å². The molecule has 0 aliphatic rings. The van der Waals surface area contributed by atoms with Gasteiger partial charge in [-0.1, -0.05) is 48.5 Å². The number of ether oxygens (including phenoxy) is 1. The average Bonchev–Trinajstić information content (AvgIpc) is 3.43. The third-order valence-electron chi connectivity index (χ3n) is 4.48. The van der Waals surface area contributed by atoms with Gasteiger partial charge in [-0.3, -0.25) is 9.69 Å². The number of rotatable bonds is 12. The molecule has 1 N–H and O–H groups in total. The quantitative estimate of drug-likeness (QED) is 0.456. The predicted octanol–water partition coefficient (Wildman–Crippen LogP) is 3.95. The van der Waals surface area contributed by atoms with Crippen LogP contribution in [0.4, 0.5) is 0 Å². The summed E-state index contributed by atoms with van der Waals surface area (Å²) in [6.45, 7) is 5.92. The van der Waals surface area contributed by atoms with Gasteiger partial charge in [0.25, 0.3) is 0 Å². The molecule has 0 spiro atoms. The van der Waals surface area contributed by atoms with Crippen molar-refractivity contribution in [1.29, 1.82) is 0 Å². The van der Waals surface area contributed by atoms with E-state index < -0.39 is 0 Å². The number of carbonyl (C=O) groups is 1. The van der Waals surface area contributed by atoms with Gasteiger partial charge in [0.05, 0.1) is 11.5 Å². The summed E-state index contributed by atoms with van der Waals surface area (Å²) in [6, 6.07) is 16.2. The van der Waals surface area contributed by atoms with Gasteiger partial charge in [0.2, 0.25) is 5.91 Å². The molecule has 0 saturated carbocycles. The lowest BCUT2D eigenvalue weighted by atomic mass is 10.2. The Morgan fingerprint density at radius 3 is 2.86 bits per heavy atom. The third-order valence-corrected chi connectivity index (χ3v) is 5.36. The highest BCUT2D eigenvalue weighted by atomic mass is 32.1. The summed E-state index contributed by atoms with van der Waals surface area (Å²) in [5.74, 6) is 0.608. The number of thiophene rings is 1. The van der Waals surface area contributed by atoms with Crippen LogP contribution < -0.4 is 5.32 Å². The Kier molecular flexibility index (Phi) is 8.42. The summed E-state index contributed by atoms with van der Waals surface area (Å²) >= 11 is 1.59. The van der Waals surface area contributed by atoms with Gasteiger partial charge in [-0.05, 0) is 30.0 Å². The lowest BCUT2D eigenvalue weighted by Gasteiger charge is -2.20. The molecule has 29 heavy (non-hydrogen) atoms. The van der Waals surface area contributed by atoms with Crippen LogP contribution in [0.25, 0.3) is 10.6 Å². The number of aromatic nitrogens is 1. The van der Waals surface area contributed by atoms with Crippen LogP contribution in [0, 0.1) is 0 Å². The molecule has 3 aromatic rings. The second-order valence-corrected chi connectivity index (χ2v) is 7.66. The highest BCUT2D eigenvalue weighted by Gasteiger charge is 2.09. The molecule has 2 heterocycles. The standard InChI is InChI=1S/C22H27N3O3S/c1-2-25(15-18-8-4-3-5-9-18)12-7-11-23-22(26)17-27-16-19-14-20(28-24-19)21-10-6-13-29-21/h3-6,8-10,13-14H,2,7,11-12,15-17H2,1H3,(H,23,26). The predicted molar refractivity (Wildman–Crippen MR) is 114 cm³/mol. The van der Waals surface area contributed by atoms with Gasteiger partial charge in [-0.15, -0.1) is 11.3 Å². The molecule has 0 fully saturated rings. The molecule has 2 aromatic heterocycles. The van der Waals surface area contributed by atoms with Crippen LogP contribution >= 0.6 is 11.3 Å². The normalized spacial score (nSPS) is 11.1. The second kappa shape index (κ2) is 11.5. The Labute approximate surface area is 175 Å². The Bertz CT molecular complexity index is 849. The van der Waals surface area contributed by atoms with Crippen LogP contribution in [-0.4, -0.2) is 42.2 Å². The van der Waals surface area contributed by atoms with Crippen LogP contribution in [0.5, 0.6) is 0 Å². The fraction of sp³-hybridized carbons (Fsp3) is 0.364. The minimum atomic E-state index is -0.113. The summed E-state index contributed by atoms with van der Waals surface area (Å²) in [5, 5.41) is 8.87. The number of hydrogen-bond acceptors (Lipinski definition) is 6. The zero-order chi connectivity index (χ0) is 20.3. The van der Waals surface area contributed by atoms with E-state index in [1.165, 1.54) is 5.56 Å². The minimum Gasteiger partial charge on any atom is -0.365 e. The van der Waals surface area contributed by atoms with Crippen LogP contribution in [0.3, 0.4) is 0 Å². The fourth-order valence-electron chi connectivity index (χ4n) is 2.94. The van der Waals surface area contributed by atoms with Crippen molar-refractivity contribution in [1.82, 2.24) is 15.4 Å². The van der Waals surface area contributed by atoms with E-state index in [0.717, 1.165) is 36.7 Å². The maximum absolute atomic E-state index is 11.9. The van der Waals surface area contributed by atoms with E-state index in [4.69, 9.17) is 9.26 Å². The zero-order valence-electron chi connectivity index (χ0n) is 16.7. The van der Waals surface area contributed by atoms with E-state index in [9.17, 15) is 4.79 Å². The molecule has 0 atom stereocenters. The lowest BCUT2D eigenvalue weighted by molar-refractivity contribution is -0.126. The molecule has 1 amide bonds. The monoisotopic (exact) mass is 413 g/mol. The molecule has 7 heteroatoms. The fourth-order valence-corrected chi connectivity index (χ4v) is 3.61. The zero-order valence-corrected chi connectivity index (χ0v) is 17.5. The lowest BCUT2D eigenvalue weighted by Crippen LogP contribution is -2.31. The number of nitrogens with one attached hydrogen (secondary N) is 1. The van der Waals surface area contributed by atoms with Gasteiger partial charge < -0.3 is 14.6 Å². The first-order valence-electron chi connectivity index (χ1n) is 9.84. The summed E-state index contributed by atoms with van der Waals surface area (Å²) in [7, 11) is 0. The first kappa shape index (κ1) is 21.2. The Hall–Kier alpha value is -2.48. The Morgan fingerprint density at radius 2 is 2.10 bits per heavy atom. The van der Waals surface area contributed by atoms with Crippen molar-refractivity contribution in [2.75, 3.05) is 26.2 Å². The summed E-state index contributed by atoms with van der Waals surface area (Å²) in [5.41, 5.74) is 1.99. The van der Waals surface area contributed by atoms with E-state index in [-0.39, 0.29) is 19.1 Å². The molecular weight excluding hydrogens is 386 g/mol. The number of benzene rings is 1. The topological polar surface area (TPSA) is 67.6 Å². The first-order valence-corrected chi connectivity index (χ1v) is 10.7. The number of amides is 1. The smallest absolute Gasteiger partial charge is 0.246 e. The molecular formula is C22H27N3O3S. The highest BCUT2D eigenvalue weighted by molar-refractivity contribution is 7.13. The molecule has 154 valence electrons. The Morgan fingerprint density at radius 1 is 1.24 bits per heavy atom. The van der Waals surface area contributed by atoms with E-state index >= 15 is 0 Å². The van der Waals surface area contributed by atoms with Crippen LogP contribution in [0.2, 0.25) is 0 Å². The van der Waals surface area contributed by atoms with Crippen LogP contribution in [0.1, 0.15) is 24.6 Å². The summed E-state index contributed by atoms with van der Waals surface area (Å²) < 4.78 is 10.7. The van der Waals surface area contributed by atoms with Crippen LogP contribution in [0.15, 0.2) is 58.4 Å². The van der Waals surface area contributed by atoms with Crippen molar-refractivity contribution in [2.45, 2.75) is 26.5 Å². The van der Waals surface area contributed by atoms with Crippen molar-refractivity contribution >= 4 is 17.2 Å². The molecule has 0 saturated heterocycles. The molecule has 0 aliphatic carbocycles. The largest absolute Gasteiger partial charge is 0.365 e. The van der Waals surface area contributed by atoms with E-state index in [1.54, 1.807) is 11.3 Å². The Balaban J connectivity index is 1.28. The number of nitrogens with zero attached hydrogens (tertiary/aromatic N) is 2. The molecule has 1 aromatic carbocycles. The maximum Gasteiger partial charge on any atom is 0.246 e. The van der Waals surface area contributed by atoms with Crippen molar-refractivity contribution < 1.29 is 14.1 Å². The first-order chi connectivity index (χ1) is 14.2. The van der Waals surface area contributed by atoms with Gasteiger partial charge >= 0.3 is 0 Å². The number of hydrogen-bond donors (Lipinski definition) is 1. The summed E-state index contributed by atoms with van der Waals surface area (Å²) in [6.07, 6.45) is 0.903. The van der Waals surface area contributed by atoms with Crippen molar-refractivity contribution in [2.24, 2.45) is 0 Å². The minimum absolute atomic E-state index is 0.0166. The molecule has 3 rings (SSSR count). The van der Waals surface area contributed by atoms with Gasteiger partial charge in [0.15, 0.2) is 5.76 Å². The van der Waals surface area contributed by atoms with Crippen molar-refractivity contribution in [3.8, 4) is 10.6 Å². The van der Waals surface area contributed by atoms with E-state index in [1.807, 2.05) is 29.6 Å². The van der Waals surface area contributed by atoms with E-state index in [2.05, 4.69) is 46.6 Å². The third kappa shape index (κ3) is 7.12. The SMILES string of the molecule is CCN(CCCNC(=O)COCc1cc(-c2cccs2)on1)Cc1ccccc1. The second-order valence-electron chi connectivity index (χ2n) is 6.71. The van der Waals surface area contributed by atoms with Gasteiger partial charge in [-0.25, -0.2) is 0 Å². The molecule has 0 radical (unpaired) electrons. The highest BCUT2D eigenvalue weighted by Crippen LogP contribution is 2.25. The molecule has 0 unspecified atom stereocenters. The molecule has 0 bridgehead atoms. The molecule has 0 aliphatic heterocycles. The van der Waals surface area contributed by atoms with Gasteiger partial charge in [0.1, 0.15) is 12.3 Å². The number of carbonyl (C=O) groups excluding carboxylic acids is 1. The average molecular weight is 414 g/mol. The van der Waals surface area contributed by atoms with Crippen LogP contribution in [-0.2, 0) is 22.7 Å². The van der Waals surface area contributed by atoms with Crippen molar-refractivity contribution in [3.63, 3.8) is 0 Å². The van der Waals surface area contributed by atoms with Crippen molar-refractivity contribution in [3.05, 3.63) is 65.2 Å². The van der Waals surface area contributed by atoms with Gasteiger partial charge in [0, 0.05) is 25.7 Å². The maximum atomic E-state index is 11.9.